The highest BCUT2D eigenvalue weighted by Crippen LogP contribution is 2.52. The van der Waals surface area contributed by atoms with Gasteiger partial charge in [-0.2, -0.15) is 0 Å². The molecule has 1 fully saturated rings. The van der Waals surface area contributed by atoms with Crippen LogP contribution < -0.4 is 0 Å². The predicted octanol–water partition coefficient (Wildman–Crippen LogP) is 5.60. The Hall–Kier alpha value is -0.249. The molecule has 6 heteroatoms. The van der Waals surface area contributed by atoms with E-state index in [-0.39, 0.29) is 0 Å². The number of allylic oxidation sites excluding steroid dienone is 2. The first kappa shape index (κ1) is 21.1. The van der Waals surface area contributed by atoms with Gasteiger partial charge in [-0.1, -0.05) is 23.6 Å². The normalized spacial score (nSPS) is 26.2. The van der Waals surface area contributed by atoms with Crippen molar-refractivity contribution in [3.63, 3.8) is 0 Å². The van der Waals surface area contributed by atoms with Crippen LogP contribution in [0.2, 0.25) is 32.2 Å². The second-order valence-corrected chi connectivity index (χ2v) is 19.7. The van der Waals surface area contributed by atoms with Gasteiger partial charge in [0, 0.05) is 12.7 Å². The minimum Gasteiger partial charge on any atom is -0.412 e. The van der Waals surface area contributed by atoms with E-state index >= 15 is 0 Å². The lowest BCUT2D eigenvalue weighted by molar-refractivity contribution is 0.164. The van der Waals surface area contributed by atoms with Crippen molar-refractivity contribution >= 4 is 25.4 Å². The first-order valence-electron chi connectivity index (χ1n) is 9.60. The van der Waals surface area contributed by atoms with Crippen LogP contribution in [0, 0.1) is 11.3 Å². The van der Waals surface area contributed by atoms with Crippen LogP contribution in [0.5, 0.6) is 0 Å². The molecule has 0 aromatic heterocycles. The lowest BCUT2D eigenvalue weighted by atomic mass is 9.85. The number of hydrogen-bond donors (Lipinski definition) is 0. The molecule has 2 bridgehead atoms. The van der Waals surface area contributed by atoms with Gasteiger partial charge in [-0.15, -0.1) is 13.2 Å². The smallest absolute Gasteiger partial charge is 0.412 e. The molecular weight excluding hydrogens is 360 g/mol. The van der Waals surface area contributed by atoms with Gasteiger partial charge < -0.3 is 12.7 Å². The molecule has 0 N–H and O–H groups in total. The Balaban J connectivity index is 2.22. The average molecular weight is 397 g/mol. The van der Waals surface area contributed by atoms with E-state index in [1.807, 2.05) is 18.3 Å². The molecule has 0 aliphatic heterocycles. The second kappa shape index (κ2) is 7.78. The van der Waals surface area contributed by atoms with Crippen LogP contribution in [0.3, 0.4) is 0 Å². The van der Waals surface area contributed by atoms with E-state index in [0.717, 1.165) is 18.4 Å². The van der Waals surface area contributed by atoms with Crippen LogP contribution in [-0.4, -0.2) is 32.0 Å². The molecule has 3 nitrogen and oxygen atoms in total. The standard InChI is InChI=1S/C19H36O3Si3/c1-8-20-25(21-23(4,5)9-2,22-24(6,7)10-3)16-15-19-13-11-18(17-19)12-14-19/h9-11,13,18H,2-3,8,12,14-17H2,1,4-7H3. The van der Waals surface area contributed by atoms with Gasteiger partial charge in [0.1, 0.15) is 0 Å². The molecule has 2 aliphatic rings. The van der Waals surface area contributed by atoms with Gasteiger partial charge in [0.05, 0.1) is 0 Å². The molecule has 0 heterocycles. The summed E-state index contributed by atoms with van der Waals surface area (Å²) in [6, 6.07) is 0.895. The summed E-state index contributed by atoms with van der Waals surface area (Å²) in [5.41, 5.74) is 4.32. The average Bonchev–Trinajstić information content (AvgIpc) is 3.14. The third-order valence-electron chi connectivity index (χ3n) is 5.52. The van der Waals surface area contributed by atoms with Gasteiger partial charge >= 0.3 is 8.80 Å². The molecule has 0 aromatic carbocycles. The van der Waals surface area contributed by atoms with E-state index in [1.54, 1.807) is 0 Å². The predicted molar refractivity (Wildman–Crippen MR) is 113 cm³/mol. The van der Waals surface area contributed by atoms with Gasteiger partial charge in [-0.3, -0.25) is 0 Å². The van der Waals surface area contributed by atoms with Crippen molar-refractivity contribution in [3.8, 4) is 0 Å². The molecule has 0 amide bonds. The zero-order chi connectivity index (χ0) is 18.8. The first-order valence-corrected chi connectivity index (χ1v) is 17.5. The summed E-state index contributed by atoms with van der Waals surface area (Å²) in [5.74, 6) is 0.794. The summed E-state index contributed by atoms with van der Waals surface area (Å²) in [6.07, 6.45) is 9.92. The maximum Gasteiger partial charge on any atom is 0.480 e. The molecule has 0 aromatic rings. The maximum atomic E-state index is 6.69. The Morgan fingerprint density at radius 3 is 2.08 bits per heavy atom. The minimum absolute atomic E-state index is 0.354. The first-order chi connectivity index (χ1) is 11.6. The SMILES string of the molecule is C=C[Si](C)(C)O[Si](CCC12C=CC(CC1)C2)(OCC)O[Si](C)(C)C=C. The van der Waals surface area contributed by atoms with E-state index in [9.17, 15) is 0 Å². The molecule has 0 spiro atoms. The van der Waals surface area contributed by atoms with E-state index in [4.69, 9.17) is 12.7 Å². The number of fused-ring (bicyclic) bond motifs is 2. The Bertz CT molecular complexity index is 508. The fourth-order valence-corrected chi connectivity index (χ4v) is 14.2. The molecular formula is C19H36O3Si3. The molecule has 2 atom stereocenters. The largest absolute Gasteiger partial charge is 0.480 e. The summed E-state index contributed by atoms with van der Waals surface area (Å²) in [5, 5.41) is 0. The van der Waals surface area contributed by atoms with Crippen molar-refractivity contribution in [2.45, 2.75) is 64.8 Å². The van der Waals surface area contributed by atoms with Crippen LogP contribution >= 0.6 is 0 Å². The Morgan fingerprint density at radius 1 is 1.12 bits per heavy atom. The van der Waals surface area contributed by atoms with E-state index in [0.29, 0.717) is 12.0 Å². The Labute approximate surface area is 157 Å². The molecule has 2 unspecified atom stereocenters. The van der Waals surface area contributed by atoms with Crippen LogP contribution in [0.15, 0.2) is 36.7 Å². The van der Waals surface area contributed by atoms with E-state index in [1.165, 1.54) is 19.3 Å². The second-order valence-electron chi connectivity index (χ2n) is 8.66. The maximum absolute atomic E-state index is 6.69. The fourth-order valence-electron chi connectivity index (χ4n) is 3.93. The van der Waals surface area contributed by atoms with Crippen molar-refractivity contribution in [1.29, 1.82) is 0 Å². The van der Waals surface area contributed by atoms with E-state index < -0.39 is 25.4 Å². The van der Waals surface area contributed by atoms with Crippen LogP contribution in [0.1, 0.15) is 32.6 Å². The molecule has 25 heavy (non-hydrogen) atoms. The summed E-state index contributed by atoms with van der Waals surface area (Å²) < 4.78 is 19.7. The van der Waals surface area contributed by atoms with Crippen molar-refractivity contribution < 1.29 is 12.7 Å². The molecule has 2 aliphatic carbocycles. The van der Waals surface area contributed by atoms with Crippen LogP contribution in [0.4, 0.5) is 0 Å². The van der Waals surface area contributed by atoms with Gasteiger partial charge in [-0.25, -0.2) is 0 Å². The molecule has 1 saturated carbocycles. The minimum atomic E-state index is -2.77. The Morgan fingerprint density at radius 2 is 1.72 bits per heavy atom. The monoisotopic (exact) mass is 396 g/mol. The molecule has 142 valence electrons. The number of hydrogen-bond acceptors (Lipinski definition) is 3. The van der Waals surface area contributed by atoms with Gasteiger partial charge in [-0.05, 0) is 70.1 Å². The van der Waals surface area contributed by atoms with Gasteiger partial charge in [0.2, 0.25) is 16.6 Å². The molecule has 0 saturated heterocycles. The fraction of sp³-hybridized carbons (Fsp3) is 0.684. The quantitative estimate of drug-likeness (QED) is 0.336. The lowest BCUT2D eigenvalue weighted by Gasteiger charge is -2.40. The molecule has 2 rings (SSSR count). The van der Waals surface area contributed by atoms with Crippen molar-refractivity contribution in [3.05, 3.63) is 36.7 Å². The zero-order valence-corrected chi connectivity index (χ0v) is 19.8. The van der Waals surface area contributed by atoms with Crippen LogP contribution in [-0.2, 0) is 12.7 Å². The van der Waals surface area contributed by atoms with Gasteiger partial charge in [0.25, 0.3) is 0 Å². The van der Waals surface area contributed by atoms with Gasteiger partial charge in [0.15, 0.2) is 0 Å². The van der Waals surface area contributed by atoms with Crippen LogP contribution in [0.25, 0.3) is 0 Å². The topological polar surface area (TPSA) is 27.7 Å². The number of rotatable bonds is 11. The third kappa shape index (κ3) is 5.37. The Kier molecular flexibility index (Phi) is 6.55. The highest BCUT2D eigenvalue weighted by Gasteiger charge is 2.51. The van der Waals surface area contributed by atoms with Crippen molar-refractivity contribution in [2.24, 2.45) is 11.3 Å². The third-order valence-corrected chi connectivity index (χ3v) is 15.8. The highest BCUT2D eigenvalue weighted by molar-refractivity contribution is 6.89. The summed E-state index contributed by atoms with van der Waals surface area (Å²) in [4.78, 5) is 0. The van der Waals surface area contributed by atoms with Crippen molar-refractivity contribution in [1.82, 2.24) is 0 Å². The lowest BCUT2D eigenvalue weighted by Crippen LogP contribution is -2.57. The summed E-state index contributed by atoms with van der Waals surface area (Å²) in [7, 11) is -6.81. The van der Waals surface area contributed by atoms with Crippen molar-refractivity contribution in [2.75, 3.05) is 6.61 Å². The van der Waals surface area contributed by atoms with E-state index in [2.05, 4.69) is 51.5 Å². The highest BCUT2D eigenvalue weighted by atomic mass is 28.5. The zero-order valence-electron chi connectivity index (χ0n) is 16.8. The summed E-state index contributed by atoms with van der Waals surface area (Å²) in [6.45, 7) is 19.3. The summed E-state index contributed by atoms with van der Waals surface area (Å²) >= 11 is 0. The molecule has 0 radical (unpaired) electrons.